The molecule has 0 unspecified atom stereocenters. The molecule has 0 aliphatic rings. The predicted octanol–water partition coefficient (Wildman–Crippen LogP) is 5.24. The average Bonchev–Trinajstić information content (AvgIpc) is 3.16. The minimum absolute atomic E-state index is 0.0372. The molecule has 0 fully saturated rings. The van der Waals surface area contributed by atoms with Gasteiger partial charge < -0.3 is 9.73 Å². The van der Waals surface area contributed by atoms with E-state index in [4.69, 9.17) is 4.42 Å². The molecule has 0 aliphatic heterocycles. The standard InChI is InChI=1S/C23H24N2O3/c1-15(2)17-7-9-18(10-8-17)21-14-24-23(28-21)12-11-22(27)25-20-6-4-5-19(13-20)16(3)26/h4-10,13-15H,11-12H2,1-3H3,(H,25,27). The first kappa shape index (κ1) is 19.5. The van der Waals surface area contributed by atoms with Crippen molar-refractivity contribution in [2.45, 2.75) is 39.5 Å². The Bertz CT molecular complexity index is 972. The van der Waals surface area contributed by atoms with E-state index < -0.39 is 0 Å². The Morgan fingerprint density at radius 3 is 2.54 bits per heavy atom. The fourth-order valence-corrected chi connectivity index (χ4v) is 2.85. The average molecular weight is 376 g/mol. The van der Waals surface area contributed by atoms with Crippen LogP contribution >= 0.6 is 0 Å². The zero-order valence-electron chi connectivity index (χ0n) is 16.4. The highest BCUT2D eigenvalue weighted by atomic mass is 16.4. The zero-order valence-corrected chi connectivity index (χ0v) is 16.4. The Hall–Kier alpha value is -3.21. The number of anilines is 1. The minimum atomic E-state index is -0.151. The summed E-state index contributed by atoms with van der Waals surface area (Å²) in [5.74, 6) is 1.51. The molecule has 1 N–H and O–H groups in total. The van der Waals surface area contributed by atoms with Crippen LogP contribution in [0.25, 0.3) is 11.3 Å². The maximum atomic E-state index is 12.2. The highest BCUT2D eigenvalue weighted by Gasteiger charge is 2.10. The fraction of sp³-hybridized carbons (Fsp3) is 0.261. The van der Waals surface area contributed by atoms with E-state index in [0.29, 0.717) is 35.2 Å². The number of carbonyl (C=O) groups is 2. The second-order valence-corrected chi connectivity index (χ2v) is 7.08. The summed E-state index contributed by atoms with van der Waals surface area (Å²) in [5.41, 5.74) is 3.41. The van der Waals surface area contributed by atoms with Gasteiger partial charge in [-0.15, -0.1) is 0 Å². The van der Waals surface area contributed by atoms with Crippen LogP contribution in [0.4, 0.5) is 5.69 Å². The molecule has 5 heteroatoms. The number of aryl methyl sites for hydroxylation is 1. The topological polar surface area (TPSA) is 72.2 Å². The molecule has 5 nitrogen and oxygen atoms in total. The summed E-state index contributed by atoms with van der Waals surface area (Å²) in [6, 6.07) is 15.1. The fourth-order valence-electron chi connectivity index (χ4n) is 2.85. The molecule has 0 spiro atoms. The summed E-state index contributed by atoms with van der Waals surface area (Å²) < 4.78 is 5.79. The second kappa shape index (κ2) is 8.65. The number of ketones is 1. The summed E-state index contributed by atoms with van der Waals surface area (Å²) in [5, 5.41) is 2.80. The number of nitrogens with zero attached hydrogens (tertiary/aromatic N) is 1. The summed E-state index contributed by atoms with van der Waals surface area (Å²) >= 11 is 0. The molecule has 1 aromatic heterocycles. The van der Waals surface area contributed by atoms with E-state index in [2.05, 4.69) is 36.3 Å². The van der Waals surface area contributed by atoms with E-state index in [9.17, 15) is 9.59 Å². The molecular weight excluding hydrogens is 352 g/mol. The lowest BCUT2D eigenvalue weighted by Crippen LogP contribution is -2.12. The molecule has 0 saturated carbocycles. The third-order valence-electron chi connectivity index (χ3n) is 4.53. The Kier molecular flexibility index (Phi) is 6.04. The van der Waals surface area contributed by atoms with E-state index in [0.717, 1.165) is 5.56 Å². The van der Waals surface area contributed by atoms with Gasteiger partial charge in [0.05, 0.1) is 6.20 Å². The van der Waals surface area contributed by atoms with Crippen molar-refractivity contribution in [1.82, 2.24) is 4.98 Å². The van der Waals surface area contributed by atoms with Gasteiger partial charge in [-0.3, -0.25) is 9.59 Å². The molecule has 1 amide bonds. The Morgan fingerprint density at radius 1 is 1.11 bits per heavy atom. The monoisotopic (exact) mass is 376 g/mol. The SMILES string of the molecule is CC(=O)c1cccc(NC(=O)CCc2ncc(-c3ccc(C(C)C)cc3)o2)c1. The number of amides is 1. The van der Waals surface area contributed by atoms with Crippen LogP contribution in [0.3, 0.4) is 0 Å². The van der Waals surface area contributed by atoms with E-state index in [-0.39, 0.29) is 18.1 Å². The number of carbonyl (C=O) groups excluding carboxylic acids is 2. The molecule has 0 saturated heterocycles. The van der Waals surface area contributed by atoms with Gasteiger partial charge in [0.2, 0.25) is 5.91 Å². The molecule has 1 heterocycles. The highest BCUT2D eigenvalue weighted by Crippen LogP contribution is 2.24. The number of nitrogens with one attached hydrogen (secondary N) is 1. The van der Waals surface area contributed by atoms with Crippen LogP contribution in [0.1, 0.15) is 54.9 Å². The van der Waals surface area contributed by atoms with Gasteiger partial charge in [0, 0.05) is 29.7 Å². The summed E-state index contributed by atoms with van der Waals surface area (Å²) in [4.78, 5) is 27.9. The Labute approximate surface area is 164 Å². The largest absolute Gasteiger partial charge is 0.441 e. The second-order valence-electron chi connectivity index (χ2n) is 7.08. The molecule has 144 valence electrons. The normalized spacial score (nSPS) is 10.9. The summed E-state index contributed by atoms with van der Waals surface area (Å²) in [6.45, 7) is 5.81. The van der Waals surface area contributed by atoms with Crippen LogP contribution in [0, 0.1) is 0 Å². The quantitative estimate of drug-likeness (QED) is 0.573. The van der Waals surface area contributed by atoms with Gasteiger partial charge in [0.25, 0.3) is 0 Å². The molecule has 0 bridgehead atoms. The lowest BCUT2D eigenvalue weighted by molar-refractivity contribution is -0.116. The Balaban J connectivity index is 1.57. The zero-order chi connectivity index (χ0) is 20.1. The smallest absolute Gasteiger partial charge is 0.224 e. The Morgan fingerprint density at radius 2 is 1.86 bits per heavy atom. The van der Waals surface area contributed by atoms with Crippen LogP contribution < -0.4 is 5.32 Å². The van der Waals surface area contributed by atoms with E-state index in [1.54, 1.807) is 30.5 Å². The first-order chi connectivity index (χ1) is 13.4. The van der Waals surface area contributed by atoms with Crippen molar-refractivity contribution in [2.24, 2.45) is 0 Å². The van der Waals surface area contributed by atoms with Crippen LogP contribution in [0.2, 0.25) is 0 Å². The van der Waals surface area contributed by atoms with Crippen LogP contribution in [0.5, 0.6) is 0 Å². The lowest BCUT2D eigenvalue weighted by atomic mass is 10.0. The highest BCUT2D eigenvalue weighted by molar-refractivity contribution is 5.97. The van der Waals surface area contributed by atoms with Crippen LogP contribution in [0.15, 0.2) is 59.1 Å². The van der Waals surface area contributed by atoms with Crippen molar-refractivity contribution in [2.75, 3.05) is 5.32 Å². The lowest BCUT2D eigenvalue weighted by Gasteiger charge is -2.06. The van der Waals surface area contributed by atoms with E-state index in [1.807, 2.05) is 12.1 Å². The maximum Gasteiger partial charge on any atom is 0.224 e. The van der Waals surface area contributed by atoms with Gasteiger partial charge in [-0.25, -0.2) is 4.98 Å². The number of benzene rings is 2. The van der Waals surface area contributed by atoms with Gasteiger partial charge in [-0.2, -0.15) is 0 Å². The van der Waals surface area contributed by atoms with Crippen LogP contribution in [-0.2, 0) is 11.2 Å². The molecular formula is C23H24N2O3. The van der Waals surface area contributed by atoms with Gasteiger partial charge in [0.1, 0.15) is 0 Å². The summed E-state index contributed by atoms with van der Waals surface area (Å²) in [6.07, 6.45) is 2.34. The molecule has 3 rings (SSSR count). The van der Waals surface area contributed by atoms with Crippen molar-refractivity contribution < 1.29 is 14.0 Å². The van der Waals surface area contributed by atoms with Crippen molar-refractivity contribution in [3.05, 3.63) is 71.7 Å². The van der Waals surface area contributed by atoms with E-state index >= 15 is 0 Å². The molecule has 2 aromatic carbocycles. The first-order valence-corrected chi connectivity index (χ1v) is 9.38. The van der Waals surface area contributed by atoms with Gasteiger partial charge in [-0.1, -0.05) is 50.2 Å². The van der Waals surface area contributed by atoms with Crippen LogP contribution in [-0.4, -0.2) is 16.7 Å². The predicted molar refractivity (Wildman–Crippen MR) is 109 cm³/mol. The third kappa shape index (κ3) is 4.94. The molecule has 0 atom stereocenters. The van der Waals surface area contributed by atoms with Crippen molar-refractivity contribution in [3.63, 3.8) is 0 Å². The third-order valence-corrected chi connectivity index (χ3v) is 4.53. The number of Topliss-reactive ketones (excluding diaryl/α,β-unsaturated/α-hetero) is 1. The van der Waals surface area contributed by atoms with Crippen molar-refractivity contribution in [3.8, 4) is 11.3 Å². The number of oxazole rings is 1. The molecule has 0 radical (unpaired) electrons. The van der Waals surface area contributed by atoms with E-state index in [1.165, 1.54) is 12.5 Å². The summed E-state index contributed by atoms with van der Waals surface area (Å²) in [7, 11) is 0. The molecule has 28 heavy (non-hydrogen) atoms. The number of hydrogen-bond donors (Lipinski definition) is 1. The van der Waals surface area contributed by atoms with Crippen molar-refractivity contribution >= 4 is 17.4 Å². The molecule has 3 aromatic rings. The van der Waals surface area contributed by atoms with Crippen molar-refractivity contribution in [1.29, 1.82) is 0 Å². The minimum Gasteiger partial charge on any atom is -0.441 e. The maximum absolute atomic E-state index is 12.2. The molecule has 0 aliphatic carbocycles. The van der Waals surface area contributed by atoms with Gasteiger partial charge >= 0.3 is 0 Å². The van der Waals surface area contributed by atoms with Gasteiger partial charge in [0.15, 0.2) is 17.4 Å². The van der Waals surface area contributed by atoms with Gasteiger partial charge in [-0.05, 0) is 30.5 Å². The number of rotatable bonds is 7. The number of hydrogen-bond acceptors (Lipinski definition) is 4. The first-order valence-electron chi connectivity index (χ1n) is 9.38. The number of aromatic nitrogens is 1.